The van der Waals surface area contributed by atoms with Crippen molar-refractivity contribution in [3.8, 4) is 5.75 Å². The second kappa shape index (κ2) is 8.23. The second-order valence-electron chi connectivity index (χ2n) is 8.95. The standard InChI is InChI=1S/C23H26ClN3O4/c1-22(2,3)26-20(29)14-9-10-18-17(11-14)27(21(30)23(4,5)31-18)13-19(28)25-16-8-6-7-15(24)12-16/h6-12H,13H2,1-5H3,(H,25,28)(H,26,29). The van der Waals surface area contributed by atoms with E-state index < -0.39 is 17.0 Å². The van der Waals surface area contributed by atoms with Gasteiger partial charge in [0.1, 0.15) is 12.3 Å². The van der Waals surface area contributed by atoms with E-state index in [4.69, 9.17) is 16.3 Å². The Bertz CT molecular complexity index is 1040. The summed E-state index contributed by atoms with van der Waals surface area (Å²) in [4.78, 5) is 39.7. The molecule has 0 aliphatic carbocycles. The summed E-state index contributed by atoms with van der Waals surface area (Å²) in [7, 11) is 0. The van der Waals surface area contributed by atoms with E-state index in [1.807, 2.05) is 20.8 Å². The molecule has 1 heterocycles. The monoisotopic (exact) mass is 443 g/mol. The number of rotatable bonds is 4. The number of fused-ring (bicyclic) bond motifs is 1. The highest BCUT2D eigenvalue weighted by atomic mass is 35.5. The number of benzene rings is 2. The molecule has 7 nitrogen and oxygen atoms in total. The molecule has 0 spiro atoms. The fraction of sp³-hybridized carbons (Fsp3) is 0.348. The molecule has 164 valence electrons. The van der Waals surface area contributed by atoms with Gasteiger partial charge in [0.2, 0.25) is 5.91 Å². The Morgan fingerprint density at radius 3 is 2.48 bits per heavy atom. The third-order valence-corrected chi connectivity index (χ3v) is 4.77. The highest BCUT2D eigenvalue weighted by Gasteiger charge is 2.42. The lowest BCUT2D eigenvalue weighted by Crippen LogP contribution is -2.54. The summed E-state index contributed by atoms with van der Waals surface area (Å²) < 4.78 is 5.84. The lowest BCUT2D eigenvalue weighted by Gasteiger charge is -2.38. The van der Waals surface area contributed by atoms with Gasteiger partial charge in [0.15, 0.2) is 5.60 Å². The van der Waals surface area contributed by atoms with Crippen molar-refractivity contribution >= 4 is 40.7 Å². The molecule has 2 aromatic carbocycles. The minimum absolute atomic E-state index is 0.241. The number of anilines is 2. The van der Waals surface area contributed by atoms with Gasteiger partial charge in [-0.15, -0.1) is 0 Å². The van der Waals surface area contributed by atoms with E-state index in [9.17, 15) is 14.4 Å². The Labute approximate surface area is 186 Å². The minimum Gasteiger partial charge on any atom is -0.476 e. The quantitative estimate of drug-likeness (QED) is 0.747. The van der Waals surface area contributed by atoms with Gasteiger partial charge in [0, 0.05) is 21.8 Å². The molecule has 3 rings (SSSR count). The van der Waals surface area contributed by atoms with Crippen molar-refractivity contribution in [3.63, 3.8) is 0 Å². The maximum absolute atomic E-state index is 13.1. The number of hydrogen-bond donors (Lipinski definition) is 2. The normalized spacial score (nSPS) is 15.0. The number of nitrogens with zero attached hydrogens (tertiary/aromatic N) is 1. The molecule has 1 aliphatic rings. The van der Waals surface area contributed by atoms with E-state index in [1.165, 1.54) is 4.90 Å². The van der Waals surface area contributed by atoms with Crippen molar-refractivity contribution in [3.05, 3.63) is 53.1 Å². The van der Waals surface area contributed by atoms with Crippen LogP contribution in [0.3, 0.4) is 0 Å². The lowest BCUT2D eigenvalue weighted by molar-refractivity contribution is -0.133. The first kappa shape index (κ1) is 22.6. The van der Waals surface area contributed by atoms with Crippen LogP contribution in [0.15, 0.2) is 42.5 Å². The number of carbonyl (C=O) groups is 3. The molecule has 2 N–H and O–H groups in total. The van der Waals surface area contributed by atoms with Gasteiger partial charge in [0.25, 0.3) is 11.8 Å². The topological polar surface area (TPSA) is 87.7 Å². The Morgan fingerprint density at radius 2 is 1.84 bits per heavy atom. The second-order valence-corrected chi connectivity index (χ2v) is 9.39. The molecule has 2 aromatic rings. The number of amides is 3. The van der Waals surface area contributed by atoms with Crippen molar-refractivity contribution in [1.82, 2.24) is 5.32 Å². The van der Waals surface area contributed by atoms with Gasteiger partial charge in [-0.25, -0.2) is 0 Å². The number of nitrogens with one attached hydrogen (secondary N) is 2. The molecule has 0 radical (unpaired) electrons. The largest absolute Gasteiger partial charge is 0.476 e. The third-order valence-electron chi connectivity index (χ3n) is 4.54. The van der Waals surface area contributed by atoms with E-state index in [1.54, 1.807) is 56.3 Å². The Balaban J connectivity index is 1.90. The summed E-state index contributed by atoms with van der Waals surface area (Å²) in [5.74, 6) is -0.637. The van der Waals surface area contributed by atoms with Gasteiger partial charge in [0.05, 0.1) is 5.69 Å². The van der Waals surface area contributed by atoms with Crippen molar-refractivity contribution in [2.24, 2.45) is 0 Å². The lowest BCUT2D eigenvalue weighted by atomic mass is 10.0. The maximum atomic E-state index is 13.1. The molecule has 0 saturated carbocycles. The van der Waals surface area contributed by atoms with Gasteiger partial charge in [-0.1, -0.05) is 17.7 Å². The summed E-state index contributed by atoms with van der Waals surface area (Å²) in [6, 6.07) is 11.6. The summed E-state index contributed by atoms with van der Waals surface area (Å²) in [6.45, 7) is 8.68. The summed E-state index contributed by atoms with van der Waals surface area (Å²) in [6.07, 6.45) is 0. The Hall–Kier alpha value is -3.06. The SMILES string of the molecule is CC(C)(C)NC(=O)c1ccc2c(c1)N(CC(=O)Nc1cccc(Cl)c1)C(=O)C(C)(C)O2. The van der Waals surface area contributed by atoms with E-state index in [2.05, 4.69) is 10.6 Å². The van der Waals surface area contributed by atoms with Crippen LogP contribution in [0.25, 0.3) is 0 Å². The van der Waals surface area contributed by atoms with Crippen LogP contribution < -0.4 is 20.3 Å². The number of halogens is 1. The van der Waals surface area contributed by atoms with Crippen LogP contribution in [0.4, 0.5) is 11.4 Å². The van der Waals surface area contributed by atoms with Crippen LogP contribution in [-0.4, -0.2) is 35.4 Å². The van der Waals surface area contributed by atoms with Crippen molar-refractivity contribution in [2.75, 3.05) is 16.8 Å². The molecule has 0 bridgehead atoms. The van der Waals surface area contributed by atoms with E-state index in [-0.39, 0.29) is 18.4 Å². The van der Waals surface area contributed by atoms with Gasteiger partial charge in [-0.05, 0) is 71.0 Å². The third kappa shape index (κ3) is 5.35. The zero-order valence-electron chi connectivity index (χ0n) is 18.2. The van der Waals surface area contributed by atoms with Crippen molar-refractivity contribution < 1.29 is 19.1 Å². The predicted molar refractivity (Wildman–Crippen MR) is 121 cm³/mol. The first-order valence-electron chi connectivity index (χ1n) is 9.89. The molecule has 0 saturated heterocycles. The van der Waals surface area contributed by atoms with E-state index in [0.717, 1.165) is 0 Å². The van der Waals surface area contributed by atoms with Gasteiger partial charge >= 0.3 is 0 Å². The van der Waals surface area contributed by atoms with Crippen LogP contribution in [0.5, 0.6) is 5.75 Å². The molecule has 1 aliphatic heterocycles. The first-order valence-corrected chi connectivity index (χ1v) is 10.3. The zero-order valence-corrected chi connectivity index (χ0v) is 19.0. The minimum atomic E-state index is -1.15. The highest BCUT2D eigenvalue weighted by Crippen LogP contribution is 2.38. The van der Waals surface area contributed by atoms with Gasteiger partial charge in [-0.3, -0.25) is 19.3 Å². The molecular weight excluding hydrogens is 418 g/mol. The van der Waals surface area contributed by atoms with Gasteiger partial charge < -0.3 is 15.4 Å². The molecular formula is C23H26ClN3O4. The summed E-state index contributed by atoms with van der Waals surface area (Å²) in [5, 5.41) is 6.12. The van der Waals surface area contributed by atoms with Crippen molar-refractivity contribution in [2.45, 2.75) is 45.8 Å². The molecule has 31 heavy (non-hydrogen) atoms. The molecule has 3 amide bonds. The van der Waals surface area contributed by atoms with Crippen molar-refractivity contribution in [1.29, 1.82) is 0 Å². The van der Waals surface area contributed by atoms with Crippen LogP contribution >= 0.6 is 11.6 Å². The molecule has 0 atom stereocenters. The van der Waals surface area contributed by atoms with Crippen LogP contribution in [-0.2, 0) is 9.59 Å². The highest BCUT2D eigenvalue weighted by molar-refractivity contribution is 6.30. The Kier molecular flexibility index (Phi) is 6.00. The van der Waals surface area contributed by atoms with Gasteiger partial charge in [-0.2, -0.15) is 0 Å². The first-order chi connectivity index (χ1) is 14.4. The summed E-state index contributed by atoms with van der Waals surface area (Å²) >= 11 is 5.97. The molecule has 8 heteroatoms. The van der Waals surface area contributed by atoms with E-state index in [0.29, 0.717) is 27.7 Å². The molecule has 0 fully saturated rings. The fourth-order valence-corrected chi connectivity index (χ4v) is 3.38. The van der Waals surface area contributed by atoms with Crippen LogP contribution in [0.2, 0.25) is 5.02 Å². The molecule has 0 unspecified atom stereocenters. The van der Waals surface area contributed by atoms with Crippen LogP contribution in [0.1, 0.15) is 45.0 Å². The zero-order chi connectivity index (χ0) is 23.0. The fourth-order valence-electron chi connectivity index (χ4n) is 3.19. The average molecular weight is 444 g/mol. The molecule has 0 aromatic heterocycles. The average Bonchev–Trinajstić information content (AvgIpc) is 2.63. The maximum Gasteiger partial charge on any atom is 0.271 e. The van der Waals surface area contributed by atoms with Crippen LogP contribution in [0, 0.1) is 0 Å². The van der Waals surface area contributed by atoms with E-state index >= 15 is 0 Å². The number of ether oxygens (including phenoxy) is 1. The Morgan fingerprint density at radius 1 is 1.13 bits per heavy atom. The number of hydrogen-bond acceptors (Lipinski definition) is 4. The number of carbonyl (C=O) groups excluding carboxylic acids is 3. The predicted octanol–water partition coefficient (Wildman–Crippen LogP) is 4.01. The summed E-state index contributed by atoms with van der Waals surface area (Å²) in [5.41, 5.74) is -0.316. The smallest absolute Gasteiger partial charge is 0.271 e.